The van der Waals surface area contributed by atoms with Crippen molar-refractivity contribution >= 4 is 23.4 Å². The topological polar surface area (TPSA) is 0 Å². The average Bonchev–Trinajstić information content (AvgIpc) is 1.63. The van der Waals surface area contributed by atoms with Crippen molar-refractivity contribution in [2.45, 2.75) is 6.18 Å². The number of rotatable bonds is 3. The molecule has 0 fully saturated rings. The normalized spacial score (nSPS) is 12.0. The van der Waals surface area contributed by atoms with E-state index in [1.807, 2.05) is 0 Å². The summed E-state index contributed by atoms with van der Waals surface area (Å²) in [6, 6.07) is 0. The second-order valence-corrected chi connectivity index (χ2v) is 2.84. The Bertz CT molecular complexity index is 72.7. The predicted molar refractivity (Wildman–Crippen MR) is 34.1 cm³/mol. The Morgan fingerprint density at radius 3 is 2.22 bits per heavy atom. The third-order valence-corrected chi connectivity index (χ3v) is 1.92. The molecule has 0 N–H and O–H groups in total. The van der Waals surface area contributed by atoms with E-state index in [1.165, 1.54) is 0 Å². The van der Waals surface area contributed by atoms with Crippen molar-refractivity contribution in [3.63, 3.8) is 0 Å². The van der Waals surface area contributed by atoms with Gasteiger partial charge in [-0.15, -0.1) is 11.6 Å². The molecular weight excluding hydrogens is 173 g/mol. The molecule has 0 nitrogen and oxygen atoms in total. The van der Waals surface area contributed by atoms with Crippen LogP contribution in [-0.4, -0.2) is 23.6 Å². The van der Waals surface area contributed by atoms with Gasteiger partial charge in [0.2, 0.25) is 0 Å². The van der Waals surface area contributed by atoms with Crippen molar-refractivity contribution in [1.82, 2.24) is 0 Å². The first-order valence-corrected chi connectivity index (χ1v) is 3.95. The van der Waals surface area contributed by atoms with Crippen LogP contribution in [0.25, 0.3) is 0 Å². The van der Waals surface area contributed by atoms with E-state index in [9.17, 15) is 13.2 Å². The van der Waals surface area contributed by atoms with Gasteiger partial charge < -0.3 is 0 Å². The van der Waals surface area contributed by atoms with Crippen molar-refractivity contribution < 1.29 is 13.2 Å². The van der Waals surface area contributed by atoms with Gasteiger partial charge in [0.15, 0.2) is 0 Å². The van der Waals surface area contributed by atoms with Crippen LogP contribution in [0.15, 0.2) is 0 Å². The highest BCUT2D eigenvalue weighted by atomic mass is 35.5. The summed E-state index contributed by atoms with van der Waals surface area (Å²) < 4.78 is 33.9. The molecule has 0 aromatic rings. The molecule has 0 aliphatic rings. The first kappa shape index (κ1) is 9.43. The molecule has 0 rings (SSSR count). The van der Waals surface area contributed by atoms with E-state index in [4.69, 9.17) is 11.6 Å². The zero-order valence-electron chi connectivity index (χ0n) is 4.54. The SMILES string of the molecule is FC(F)(F)CSCCCl. The zero-order valence-corrected chi connectivity index (χ0v) is 6.11. The number of hydrogen-bond donors (Lipinski definition) is 0. The van der Waals surface area contributed by atoms with E-state index >= 15 is 0 Å². The van der Waals surface area contributed by atoms with Crippen LogP contribution < -0.4 is 0 Å². The second kappa shape index (κ2) is 4.28. The monoisotopic (exact) mass is 178 g/mol. The van der Waals surface area contributed by atoms with Crippen LogP contribution in [-0.2, 0) is 0 Å². The molecule has 0 aliphatic heterocycles. The Labute approximate surface area is 60.8 Å². The molecule has 0 unspecified atom stereocenters. The van der Waals surface area contributed by atoms with Gasteiger partial charge in [-0.05, 0) is 0 Å². The maximum Gasteiger partial charge on any atom is 0.397 e. The number of hydrogen-bond acceptors (Lipinski definition) is 1. The molecule has 0 saturated heterocycles. The lowest BCUT2D eigenvalue weighted by molar-refractivity contribution is -0.105. The molecule has 56 valence electrons. The van der Waals surface area contributed by atoms with E-state index < -0.39 is 11.9 Å². The number of alkyl halides is 4. The maximum absolute atomic E-state index is 11.3. The van der Waals surface area contributed by atoms with Gasteiger partial charge in [0, 0.05) is 11.6 Å². The smallest absolute Gasteiger partial charge is 0.170 e. The predicted octanol–water partition coefficient (Wildman–Crippen LogP) is 2.52. The molecule has 0 saturated carbocycles. The van der Waals surface area contributed by atoms with Gasteiger partial charge in [-0.25, -0.2) is 0 Å². The first-order valence-electron chi connectivity index (χ1n) is 2.27. The van der Waals surface area contributed by atoms with E-state index in [2.05, 4.69) is 0 Å². The molecule has 0 amide bonds. The summed E-state index contributed by atoms with van der Waals surface area (Å²) in [6.07, 6.45) is -4.04. The number of thioether (sulfide) groups is 1. The maximum atomic E-state index is 11.3. The highest BCUT2D eigenvalue weighted by molar-refractivity contribution is 7.99. The van der Waals surface area contributed by atoms with Crippen molar-refractivity contribution in [3.8, 4) is 0 Å². The Balaban J connectivity index is 3.07. The zero-order chi connectivity index (χ0) is 7.33. The van der Waals surface area contributed by atoms with Gasteiger partial charge >= 0.3 is 6.18 Å². The molecule has 0 radical (unpaired) electrons. The highest BCUT2D eigenvalue weighted by Crippen LogP contribution is 2.20. The van der Waals surface area contributed by atoms with Crippen molar-refractivity contribution in [1.29, 1.82) is 0 Å². The largest absolute Gasteiger partial charge is 0.397 e. The molecule has 0 aliphatic carbocycles. The third-order valence-electron chi connectivity index (χ3n) is 0.487. The highest BCUT2D eigenvalue weighted by Gasteiger charge is 2.26. The Hall–Kier alpha value is 0.430. The van der Waals surface area contributed by atoms with E-state index in [0.29, 0.717) is 5.75 Å². The summed E-state index contributed by atoms with van der Waals surface area (Å²) in [5.41, 5.74) is 0. The lowest BCUT2D eigenvalue weighted by Gasteiger charge is -2.02. The summed E-state index contributed by atoms with van der Waals surface area (Å²) in [7, 11) is 0. The lowest BCUT2D eigenvalue weighted by atomic mass is 10.8. The lowest BCUT2D eigenvalue weighted by Crippen LogP contribution is -2.11. The fourth-order valence-electron chi connectivity index (χ4n) is 0.242. The fraction of sp³-hybridized carbons (Fsp3) is 1.00. The first-order chi connectivity index (χ1) is 4.06. The molecule has 0 aromatic carbocycles. The third kappa shape index (κ3) is 8.43. The van der Waals surface area contributed by atoms with Crippen LogP contribution >= 0.6 is 23.4 Å². The summed E-state index contributed by atoms with van der Waals surface area (Å²) in [4.78, 5) is 0. The van der Waals surface area contributed by atoms with E-state index in [0.717, 1.165) is 11.8 Å². The summed E-state index contributed by atoms with van der Waals surface area (Å²) >= 11 is 5.95. The fourth-order valence-corrected chi connectivity index (χ4v) is 1.05. The summed E-state index contributed by atoms with van der Waals surface area (Å²) in [5.74, 6) is -0.151. The molecule has 0 aromatic heterocycles. The summed E-state index contributed by atoms with van der Waals surface area (Å²) in [6.45, 7) is 0. The van der Waals surface area contributed by atoms with E-state index in [1.54, 1.807) is 0 Å². The molecule has 0 bridgehead atoms. The number of halogens is 4. The summed E-state index contributed by atoms with van der Waals surface area (Å²) in [5, 5.41) is 0. The van der Waals surface area contributed by atoms with E-state index in [-0.39, 0.29) is 5.88 Å². The molecule has 0 heterocycles. The minimum atomic E-state index is -4.04. The Kier molecular flexibility index (Phi) is 4.48. The molecule has 9 heavy (non-hydrogen) atoms. The minimum absolute atomic E-state index is 0.279. The van der Waals surface area contributed by atoms with Gasteiger partial charge in [-0.1, -0.05) is 0 Å². The van der Waals surface area contributed by atoms with Crippen molar-refractivity contribution in [2.24, 2.45) is 0 Å². The van der Waals surface area contributed by atoms with Crippen LogP contribution in [0.3, 0.4) is 0 Å². The van der Waals surface area contributed by atoms with Gasteiger partial charge in [-0.3, -0.25) is 0 Å². The Morgan fingerprint density at radius 1 is 1.33 bits per heavy atom. The molecule has 0 atom stereocenters. The molecular formula is C4H6ClF3S. The minimum Gasteiger partial charge on any atom is -0.170 e. The van der Waals surface area contributed by atoms with Gasteiger partial charge in [0.1, 0.15) is 0 Å². The standard InChI is InChI=1S/C4H6ClF3S/c5-1-2-9-3-4(6,7)8/h1-3H2. The van der Waals surface area contributed by atoms with Crippen molar-refractivity contribution in [3.05, 3.63) is 0 Å². The average molecular weight is 179 g/mol. The van der Waals surface area contributed by atoms with Crippen LogP contribution in [0.4, 0.5) is 13.2 Å². The Morgan fingerprint density at radius 2 is 1.89 bits per heavy atom. The van der Waals surface area contributed by atoms with Crippen LogP contribution in [0, 0.1) is 0 Å². The molecule has 0 spiro atoms. The van der Waals surface area contributed by atoms with Crippen LogP contribution in [0.1, 0.15) is 0 Å². The molecule has 5 heteroatoms. The quantitative estimate of drug-likeness (QED) is 0.473. The van der Waals surface area contributed by atoms with Crippen LogP contribution in [0.5, 0.6) is 0 Å². The van der Waals surface area contributed by atoms with Crippen LogP contribution in [0.2, 0.25) is 0 Å². The van der Waals surface area contributed by atoms with Gasteiger partial charge in [0.05, 0.1) is 5.75 Å². The van der Waals surface area contributed by atoms with Gasteiger partial charge in [-0.2, -0.15) is 24.9 Å². The van der Waals surface area contributed by atoms with Crippen molar-refractivity contribution in [2.75, 3.05) is 17.4 Å². The second-order valence-electron chi connectivity index (χ2n) is 1.36. The van der Waals surface area contributed by atoms with Gasteiger partial charge in [0.25, 0.3) is 0 Å².